The third-order valence-electron chi connectivity index (χ3n) is 4.44. The van der Waals surface area contributed by atoms with Crippen LogP contribution in [0.15, 0.2) is 40.1 Å². The Morgan fingerprint density at radius 2 is 2.35 bits per heavy atom. The van der Waals surface area contributed by atoms with E-state index in [9.17, 15) is 4.79 Å². The highest BCUT2D eigenvalue weighted by molar-refractivity contribution is 6.09. The lowest BCUT2D eigenvalue weighted by Gasteiger charge is -2.10. The molecular formula is C21H24N4O. The Labute approximate surface area is 153 Å². The molecular weight excluding hydrogens is 324 g/mol. The van der Waals surface area contributed by atoms with E-state index in [0.717, 1.165) is 36.5 Å². The van der Waals surface area contributed by atoms with Crippen LogP contribution in [0.3, 0.4) is 0 Å². The molecule has 2 aromatic rings. The number of rotatable bonds is 2. The Bertz CT molecular complexity index is 989. The van der Waals surface area contributed by atoms with Gasteiger partial charge in [-0.05, 0) is 43.5 Å². The molecule has 26 heavy (non-hydrogen) atoms. The number of aromatic nitrogens is 2. The van der Waals surface area contributed by atoms with Gasteiger partial charge in [0.1, 0.15) is 11.5 Å². The van der Waals surface area contributed by atoms with Crippen molar-refractivity contribution in [3.05, 3.63) is 52.1 Å². The molecule has 0 aliphatic carbocycles. The Morgan fingerprint density at radius 1 is 1.50 bits per heavy atom. The first-order chi connectivity index (χ1) is 12.6. The lowest BCUT2D eigenvalue weighted by molar-refractivity contribution is 0.556. The second-order valence-corrected chi connectivity index (χ2v) is 6.45. The fraction of sp³-hybridized carbons (Fsp3) is 0.381. The smallest absolute Gasteiger partial charge is 0.261 e. The van der Waals surface area contributed by atoms with Gasteiger partial charge in [0.15, 0.2) is 0 Å². The molecule has 0 radical (unpaired) electrons. The normalized spacial score (nSPS) is 17.7. The third-order valence-corrected chi connectivity index (χ3v) is 4.44. The average Bonchev–Trinajstić information content (AvgIpc) is 2.82. The van der Waals surface area contributed by atoms with Crippen LogP contribution in [0.2, 0.25) is 0 Å². The van der Waals surface area contributed by atoms with Crippen LogP contribution in [0.4, 0.5) is 0 Å². The summed E-state index contributed by atoms with van der Waals surface area (Å²) in [4.78, 5) is 21.7. The minimum atomic E-state index is 0.0297. The van der Waals surface area contributed by atoms with E-state index in [1.165, 1.54) is 0 Å². The molecule has 0 bridgehead atoms. The molecule has 1 atom stereocenters. The van der Waals surface area contributed by atoms with Gasteiger partial charge in [-0.3, -0.25) is 14.4 Å². The van der Waals surface area contributed by atoms with Crippen LogP contribution >= 0.6 is 0 Å². The summed E-state index contributed by atoms with van der Waals surface area (Å²) in [7, 11) is 1.73. The monoisotopic (exact) mass is 348 g/mol. The highest BCUT2D eigenvalue weighted by atomic mass is 16.1. The summed E-state index contributed by atoms with van der Waals surface area (Å²) in [5, 5.41) is 4.04. The second-order valence-electron chi connectivity index (χ2n) is 6.45. The molecule has 2 heterocycles. The van der Waals surface area contributed by atoms with E-state index in [1.54, 1.807) is 11.6 Å². The van der Waals surface area contributed by atoms with E-state index < -0.39 is 0 Å². The quantitative estimate of drug-likeness (QED) is 0.669. The summed E-state index contributed by atoms with van der Waals surface area (Å²) in [6.07, 6.45) is 5.65. The summed E-state index contributed by atoms with van der Waals surface area (Å²) in [5.41, 5.74) is 2.31. The second kappa shape index (κ2) is 8.11. The largest absolute Gasteiger partial charge is 0.312 e. The van der Waals surface area contributed by atoms with Crippen molar-refractivity contribution in [3.63, 3.8) is 0 Å². The molecule has 1 aliphatic heterocycles. The molecule has 5 nitrogen and oxygen atoms in total. The molecule has 3 rings (SSSR count). The Balaban J connectivity index is 2.02. The molecule has 0 saturated carbocycles. The molecule has 134 valence electrons. The van der Waals surface area contributed by atoms with Crippen LogP contribution in [0, 0.1) is 11.8 Å². The Hall–Kier alpha value is -2.71. The summed E-state index contributed by atoms with van der Waals surface area (Å²) in [6.45, 7) is 5.63. The van der Waals surface area contributed by atoms with Gasteiger partial charge in [0.25, 0.3) is 5.56 Å². The van der Waals surface area contributed by atoms with Gasteiger partial charge in [0, 0.05) is 38.2 Å². The van der Waals surface area contributed by atoms with Crippen LogP contribution in [0.25, 0.3) is 10.9 Å². The van der Waals surface area contributed by atoms with Crippen LogP contribution < -0.4 is 10.9 Å². The number of hydrogen-bond acceptors (Lipinski definition) is 4. The number of aliphatic imine (C=N–C) groups is 1. The lowest BCUT2D eigenvalue weighted by Crippen LogP contribution is -2.27. The van der Waals surface area contributed by atoms with Gasteiger partial charge in [-0.25, -0.2) is 4.98 Å². The standard InChI is InChI=1S/C21H24N4O/c1-4-5-6-17(22-3)9-7-16-8-10-18-19(14-16)24-20-13-15(2)23-11-12-25(20)21(18)26/h5-6,8,10,14-15,23H,4,11-13H2,1-3H3/b6-5-,22-17?. The fourth-order valence-corrected chi connectivity index (χ4v) is 3.04. The van der Waals surface area contributed by atoms with E-state index in [1.807, 2.05) is 30.4 Å². The highest BCUT2D eigenvalue weighted by Gasteiger charge is 2.16. The maximum atomic E-state index is 12.8. The van der Waals surface area contributed by atoms with Gasteiger partial charge in [0.05, 0.1) is 10.9 Å². The maximum absolute atomic E-state index is 12.8. The zero-order valence-electron chi connectivity index (χ0n) is 15.5. The highest BCUT2D eigenvalue weighted by Crippen LogP contribution is 2.13. The molecule has 5 heteroatoms. The first kappa shape index (κ1) is 18.1. The number of nitrogens with zero attached hydrogens (tertiary/aromatic N) is 3. The molecule has 0 fully saturated rings. The van der Waals surface area contributed by atoms with Crippen molar-refractivity contribution in [2.45, 2.75) is 39.3 Å². The van der Waals surface area contributed by atoms with Gasteiger partial charge in [-0.2, -0.15) is 0 Å². The third kappa shape index (κ3) is 3.92. The molecule has 0 amide bonds. The zero-order valence-corrected chi connectivity index (χ0v) is 15.5. The molecule has 1 aliphatic rings. The van der Waals surface area contributed by atoms with Gasteiger partial charge in [0.2, 0.25) is 0 Å². The SMILES string of the molecule is CC/C=C\C(C#Cc1ccc2c(=O)n3c(nc2c1)CC(C)NCC3)=NC. The van der Waals surface area contributed by atoms with Crippen LogP contribution in [-0.2, 0) is 13.0 Å². The molecule has 1 unspecified atom stereocenters. The molecule has 1 aromatic carbocycles. The Kier molecular flexibility index (Phi) is 5.65. The van der Waals surface area contributed by atoms with Crippen molar-refractivity contribution in [2.24, 2.45) is 4.99 Å². The lowest BCUT2D eigenvalue weighted by atomic mass is 10.1. The fourth-order valence-electron chi connectivity index (χ4n) is 3.04. The topological polar surface area (TPSA) is 59.3 Å². The molecule has 0 saturated heterocycles. The zero-order chi connectivity index (χ0) is 18.5. The van der Waals surface area contributed by atoms with Crippen LogP contribution in [0.1, 0.15) is 31.7 Å². The number of allylic oxidation sites excluding steroid dienone is 2. The average molecular weight is 348 g/mol. The first-order valence-electron chi connectivity index (χ1n) is 9.04. The van der Waals surface area contributed by atoms with E-state index in [2.05, 4.69) is 36.0 Å². The summed E-state index contributed by atoms with van der Waals surface area (Å²) >= 11 is 0. The minimum absolute atomic E-state index is 0.0297. The van der Waals surface area contributed by atoms with Gasteiger partial charge in [-0.1, -0.05) is 18.9 Å². The summed E-state index contributed by atoms with van der Waals surface area (Å²) in [6, 6.07) is 5.91. The molecule has 0 spiro atoms. The van der Waals surface area contributed by atoms with E-state index in [4.69, 9.17) is 4.98 Å². The van der Waals surface area contributed by atoms with Crippen molar-refractivity contribution in [1.29, 1.82) is 0 Å². The first-order valence-corrected chi connectivity index (χ1v) is 9.04. The predicted octanol–water partition coefficient (Wildman–Crippen LogP) is 2.32. The van der Waals surface area contributed by atoms with Gasteiger partial charge >= 0.3 is 0 Å². The summed E-state index contributed by atoms with van der Waals surface area (Å²) in [5.74, 6) is 7.04. The molecule has 1 N–H and O–H groups in total. The van der Waals surface area contributed by atoms with E-state index >= 15 is 0 Å². The van der Waals surface area contributed by atoms with Crippen molar-refractivity contribution < 1.29 is 0 Å². The Morgan fingerprint density at radius 3 is 3.12 bits per heavy atom. The van der Waals surface area contributed by atoms with Crippen molar-refractivity contribution in [3.8, 4) is 11.8 Å². The van der Waals surface area contributed by atoms with E-state index in [-0.39, 0.29) is 5.56 Å². The number of nitrogens with one attached hydrogen (secondary N) is 1. The van der Waals surface area contributed by atoms with Gasteiger partial charge in [-0.15, -0.1) is 0 Å². The number of fused-ring (bicyclic) bond motifs is 2. The van der Waals surface area contributed by atoms with E-state index in [0.29, 0.717) is 23.5 Å². The minimum Gasteiger partial charge on any atom is -0.312 e. The van der Waals surface area contributed by atoms with Crippen molar-refractivity contribution >= 4 is 16.6 Å². The van der Waals surface area contributed by atoms with Crippen molar-refractivity contribution in [1.82, 2.24) is 14.9 Å². The van der Waals surface area contributed by atoms with Crippen LogP contribution in [0.5, 0.6) is 0 Å². The summed E-state index contributed by atoms with van der Waals surface area (Å²) < 4.78 is 1.79. The predicted molar refractivity (Wildman–Crippen MR) is 107 cm³/mol. The number of hydrogen-bond donors (Lipinski definition) is 1. The van der Waals surface area contributed by atoms with Crippen molar-refractivity contribution in [2.75, 3.05) is 13.6 Å². The number of benzene rings is 1. The van der Waals surface area contributed by atoms with Gasteiger partial charge < -0.3 is 5.32 Å². The maximum Gasteiger partial charge on any atom is 0.261 e. The van der Waals surface area contributed by atoms with Crippen LogP contribution in [-0.4, -0.2) is 34.9 Å². The molecule has 1 aromatic heterocycles.